The van der Waals surface area contributed by atoms with Crippen LogP contribution in [-0.2, 0) is 9.59 Å². The Labute approximate surface area is 124 Å². The molecule has 22 heavy (non-hydrogen) atoms. The molecule has 2 amide bonds. The van der Waals surface area contributed by atoms with Gasteiger partial charge in [-0.15, -0.1) is 0 Å². The first-order valence-corrected chi connectivity index (χ1v) is 6.69. The fourth-order valence-corrected chi connectivity index (χ4v) is 2.82. The van der Waals surface area contributed by atoms with Crippen molar-refractivity contribution in [1.29, 1.82) is 0 Å². The van der Waals surface area contributed by atoms with Crippen molar-refractivity contribution in [2.75, 3.05) is 16.0 Å². The third kappa shape index (κ3) is 1.72. The number of amides is 2. The Morgan fingerprint density at radius 2 is 2.00 bits per heavy atom. The van der Waals surface area contributed by atoms with Crippen LogP contribution in [0.15, 0.2) is 24.4 Å². The van der Waals surface area contributed by atoms with E-state index in [0.29, 0.717) is 11.3 Å². The highest BCUT2D eigenvalue weighted by atomic mass is 16.2. The Morgan fingerprint density at radius 1 is 1.23 bits per heavy atom. The molecule has 1 aromatic heterocycles. The van der Waals surface area contributed by atoms with Crippen LogP contribution in [0.5, 0.6) is 0 Å². The van der Waals surface area contributed by atoms with E-state index in [0.717, 1.165) is 17.1 Å². The molecule has 2 aromatic rings. The van der Waals surface area contributed by atoms with Gasteiger partial charge in [-0.3, -0.25) is 20.1 Å². The molecule has 2 aliphatic heterocycles. The lowest BCUT2D eigenvalue weighted by atomic mass is 9.99. The number of aromatic nitrogens is 2. The number of benzene rings is 1. The van der Waals surface area contributed by atoms with E-state index in [1.54, 1.807) is 18.3 Å². The van der Waals surface area contributed by atoms with E-state index in [1.807, 2.05) is 11.5 Å². The Morgan fingerprint density at radius 3 is 2.68 bits per heavy atom. The second kappa shape index (κ2) is 4.46. The predicted molar refractivity (Wildman–Crippen MR) is 78.7 cm³/mol. The third-order valence-electron chi connectivity index (χ3n) is 3.86. The minimum atomic E-state index is -0.932. The summed E-state index contributed by atoms with van der Waals surface area (Å²) in [6.07, 6.45) is 1.53. The number of nitrogens with one attached hydrogen (secondary N) is 5. The molecule has 0 spiro atoms. The van der Waals surface area contributed by atoms with Crippen LogP contribution in [0.1, 0.15) is 23.3 Å². The molecule has 2 aliphatic rings. The first kappa shape index (κ1) is 12.7. The zero-order valence-electron chi connectivity index (χ0n) is 11.3. The van der Waals surface area contributed by atoms with E-state index in [9.17, 15) is 9.59 Å². The molecule has 4 rings (SSSR count). The molecule has 0 radical (unpaired) electrons. The molecular weight excluding hydrogens is 286 g/mol. The fourth-order valence-electron chi connectivity index (χ4n) is 2.82. The first-order valence-electron chi connectivity index (χ1n) is 6.69. The SMILES string of the molecule is NNC(=O)C1C(=O)Nc2cc3c(cc21)NC(c1ccn[nH]1)N3. The van der Waals surface area contributed by atoms with Gasteiger partial charge in [-0.05, 0) is 23.8 Å². The van der Waals surface area contributed by atoms with Crippen molar-refractivity contribution in [1.82, 2.24) is 15.6 Å². The maximum absolute atomic E-state index is 11.9. The summed E-state index contributed by atoms with van der Waals surface area (Å²) in [5.74, 6) is 3.30. The molecule has 0 bridgehead atoms. The zero-order valence-corrected chi connectivity index (χ0v) is 11.3. The molecule has 1 aromatic carbocycles. The van der Waals surface area contributed by atoms with Crippen molar-refractivity contribution in [2.24, 2.45) is 5.84 Å². The van der Waals surface area contributed by atoms with Gasteiger partial charge >= 0.3 is 0 Å². The number of nitrogens with zero attached hydrogens (tertiary/aromatic N) is 1. The van der Waals surface area contributed by atoms with Gasteiger partial charge in [0.25, 0.3) is 5.91 Å². The highest BCUT2D eigenvalue weighted by Crippen LogP contribution is 2.43. The van der Waals surface area contributed by atoms with Crippen LogP contribution in [0, 0.1) is 0 Å². The number of rotatable bonds is 2. The maximum atomic E-state index is 11.9. The summed E-state index contributed by atoms with van der Waals surface area (Å²) in [4.78, 5) is 23.7. The van der Waals surface area contributed by atoms with Gasteiger partial charge in [0.15, 0.2) is 0 Å². The number of carbonyl (C=O) groups excluding carboxylic acids is 2. The molecule has 0 saturated heterocycles. The molecule has 2 unspecified atom stereocenters. The zero-order chi connectivity index (χ0) is 15.3. The van der Waals surface area contributed by atoms with Crippen molar-refractivity contribution in [2.45, 2.75) is 12.1 Å². The molecule has 7 N–H and O–H groups in total. The number of H-pyrrole nitrogens is 1. The lowest BCUT2D eigenvalue weighted by Crippen LogP contribution is -2.37. The van der Waals surface area contributed by atoms with E-state index in [4.69, 9.17) is 5.84 Å². The van der Waals surface area contributed by atoms with Gasteiger partial charge in [0, 0.05) is 11.9 Å². The number of fused-ring (bicyclic) bond motifs is 2. The predicted octanol–water partition coefficient (Wildman–Crippen LogP) is -0.0285. The number of anilines is 3. The molecule has 3 heterocycles. The summed E-state index contributed by atoms with van der Waals surface area (Å²) in [5, 5.41) is 16.1. The molecule has 0 aliphatic carbocycles. The van der Waals surface area contributed by atoms with Gasteiger partial charge in [-0.1, -0.05) is 0 Å². The van der Waals surface area contributed by atoms with E-state index >= 15 is 0 Å². The van der Waals surface area contributed by atoms with Gasteiger partial charge in [0.05, 0.1) is 17.1 Å². The van der Waals surface area contributed by atoms with Gasteiger partial charge in [-0.2, -0.15) is 5.10 Å². The second-order valence-electron chi connectivity index (χ2n) is 5.15. The summed E-state index contributed by atoms with van der Waals surface area (Å²) in [7, 11) is 0. The van der Waals surface area contributed by atoms with Crippen molar-refractivity contribution >= 4 is 28.9 Å². The van der Waals surface area contributed by atoms with Gasteiger partial charge in [-0.25, -0.2) is 5.84 Å². The smallest absolute Gasteiger partial charge is 0.251 e. The van der Waals surface area contributed by atoms with Gasteiger partial charge in [0.1, 0.15) is 12.1 Å². The first-order chi connectivity index (χ1) is 10.7. The molecule has 2 atom stereocenters. The van der Waals surface area contributed by atoms with E-state index in [2.05, 4.69) is 26.1 Å². The van der Waals surface area contributed by atoms with Gasteiger partial charge < -0.3 is 16.0 Å². The Balaban J connectivity index is 1.70. The van der Waals surface area contributed by atoms with Crippen molar-refractivity contribution < 1.29 is 9.59 Å². The van der Waals surface area contributed by atoms with Crippen LogP contribution < -0.4 is 27.2 Å². The average molecular weight is 299 g/mol. The van der Waals surface area contributed by atoms with Crippen LogP contribution in [-0.4, -0.2) is 22.0 Å². The molecule has 0 fully saturated rings. The topological polar surface area (TPSA) is 137 Å². The maximum Gasteiger partial charge on any atom is 0.251 e. The van der Waals surface area contributed by atoms with Crippen LogP contribution in [0.3, 0.4) is 0 Å². The molecule has 0 saturated carbocycles. The summed E-state index contributed by atoms with van der Waals surface area (Å²) < 4.78 is 0. The third-order valence-corrected chi connectivity index (χ3v) is 3.86. The summed E-state index contributed by atoms with van der Waals surface area (Å²) >= 11 is 0. The van der Waals surface area contributed by atoms with Crippen LogP contribution >= 0.6 is 0 Å². The highest BCUT2D eigenvalue weighted by molar-refractivity contribution is 6.17. The minimum Gasteiger partial charge on any atom is -0.359 e. The van der Waals surface area contributed by atoms with Crippen LogP contribution in [0.2, 0.25) is 0 Å². The van der Waals surface area contributed by atoms with E-state index < -0.39 is 11.8 Å². The molecule has 112 valence electrons. The number of hydrogen-bond donors (Lipinski definition) is 6. The lowest BCUT2D eigenvalue weighted by Gasteiger charge is -2.09. The molecule has 9 nitrogen and oxygen atoms in total. The highest BCUT2D eigenvalue weighted by Gasteiger charge is 2.38. The number of carbonyl (C=O) groups is 2. The molecule has 9 heteroatoms. The minimum absolute atomic E-state index is 0.141. The van der Waals surface area contributed by atoms with Crippen LogP contribution in [0.25, 0.3) is 0 Å². The van der Waals surface area contributed by atoms with E-state index in [-0.39, 0.29) is 12.1 Å². The lowest BCUT2D eigenvalue weighted by molar-refractivity contribution is -0.128. The Hall–Kier alpha value is -3.07. The number of aromatic amines is 1. The monoisotopic (exact) mass is 299 g/mol. The Kier molecular flexibility index (Phi) is 2.57. The summed E-state index contributed by atoms with van der Waals surface area (Å²) in [5.41, 5.74) is 5.78. The second-order valence-corrected chi connectivity index (χ2v) is 5.15. The van der Waals surface area contributed by atoms with Gasteiger partial charge in [0.2, 0.25) is 5.91 Å². The van der Waals surface area contributed by atoms with Crippen molar-refractivity contribution in [3.8, 4) is 0 Å². The average Bonchev–Trinajstić information content (AvgIpc) is 3.20. The van der Waals surface area contributed by atoms with E-state index in [1.165, 1.54) is 0 Å². The summed E-state index contributed by atoms with van der Waals surface area (Å²) in [6.45, 7) is 0. The molecular formula is C13H13N7O2. The quantitative estimate of drug-likeness (QED) is 0.199. The summed E-state index contributed by atoms with van der Waals surface area (Å²) in [6, 6.07) is 5.44. The van der Waals surface area contributed by atoms with Crippen LogP contribution in [0.4, 0.5) is 17.1 Å². The fraction of sp³-hybridized carbons (Fsp3) is 0.154. The number of hydrazine groups is 1. The largest absolute Gasteiger partial charge is 0.359 e. The number of nitrogens with two attached hydrogens (primary N) is 1. The van der Waals surface area contributed by atoms with Crippen molar-refractivity contribution in [3.05, 3.63) is 35.7 Å². The normalized spacial score (nSPS) is 21.4. The standard InChI is InChI=1S/C13H13N7O2/c14-19-13(22)10-5-3-8-9(4-7(5)18-12(10)21)17-11(16-8)6-1-2-15-20-6/h1-4,10-11,16-17H,14H2,(H,15,20)(H,18,21)(H,19,22). The van der Waals surface area contributed by atoms with Crippen molar-refractivity contribution in [3.63, 3.8) is 0 Å². The number of hydrogen-bond acceptors (Lipinski definition) is 6. The Bertz CT molecular complexity index is 771.